The van der Waals surface area contributed by atoms with E-state index in [1.165, 1.54) is 6.92 Å². The Morgan fingerprint density at radius 3 is 2.47 bits per heavy atom. The fraction of sp³-hybridized carbons (Fsp3) is 0.300. The van der Waals surface area contributed by atoms with Crippen molar-refractivity contribution in [3.63, 3.8) is 0 Å². The van der Waals surface area contributed by atoms with Gasteiger partial charge in [-0.1, -0.05) is 6.92 Å². The van der Waals surface area contributed by atoms with Crippen LogP contribution in [0.15, 0.2) is 18.2 Å². The fourth-order valence-corrected chi connectivity index (χ4v) is 1.30. The summed E-state index contributed by atoms with van der Waals surface area (Å²) in [5.41, 5.74) is -1.64. The second-order valence-electron chi connectivity index (χ2n) is 3.43. The molecule has 0 amide bonds. The van der Waals surface area contributed by atoms with Crippen LogP contribution in [0.4, 0.5) is 18.9 Å². The van der Waals surface area contributed by atoms with Crippen molar-refractivity contribution in [1.29, 1.82) is 0 Å². The lowest BCUT2D eigenvalue weighted by molar-refractivity contribution is -0.385. The fourth-order valence-electron chi connectivity index (χ4n) is 1.30. The summed E-state index contributed by atoms with van der Waals surface area (Å²) in [6, 6.07) is 2.10. The Morgan fingerprint density at radius 2 is 2.06 bits per heavy atom. The SMILES string of the molecule is C[C](CO)c1cc(C(F)(F)F)ccc1[N+](=O)[O-]. The second-order valence-corrected chi connectivity index (χ2v) is 3.43. The molecule has 4 nitrogen and oxygen atoms in total. The predicted octanol–water partition coefficient (Wildman–Crippen LogP) is 2.55. The van der Waals surface area contributed by atoms with E-state index in [2.05, 4.69) is 0 Å². The molecule has 0 aromatic heterocycles. The number of nitro benzene ring substituents is 1. The number of aliphatic hydroxyl groups excluding tert-OH is 1. The Balaban J connectivity index is 3.34. The van der Waals surface area contributed by atoms with Crippen LogP contribution in [0.2, 0.25) is 0 Å². The Kier molecular flexibility index (Phi) is 3.72. The van der Waals surface area contributed by atoms with Crippen molar-refractivity contribution >= 4 is 5.69 Å². The highest BCUT2D eigenvalue weighted by Gasteiger charge is 2.33. The van der Waals surface area contributed by atoms with Crippen molar-refractivity contribution in [1.82, 2.24) is 0 Å². The van der Waals surface area contributed by atoms with Gasteiger partial charge in [-0.3, -0.25) is 10.1 Å². The molecule has 0 aliphatic rings. The van der Waals surface area contributed by atoms with Crippen LogP contribution in [-0.4, -0.2) is 16.6 Å². The van der Waals surface area contributed by atoms with Crippen LogP contribution < -0.4 is 0 Å². The third kappa shape index (κ3) is 2.94. The quantitative estimate of drug-likeness (QED) is 0.660. The van der Waals surface area contributed by atoms with E-state index in [1.54, 1.807) is 0 Å². The number of hydrogen-bond acceptors (Lipinski definition) is 3. The molecular weight excluding hydrogens is 239 g/mol. The normalized spacial score (nSPS) is 11.9. The molecule has 1 aromatic rings. The predicted molar refractivity (Wildman–Crippen MR) is 53.2 cm³/mol. The molecule has 1 N–H and O–H groups in total. The summed E-state index contributed by atoms with van der Waals surface area (Å²) >= 11 is 0. The van der Waals surface area contributed by atoms with E-state index in [9.17, 15) is 23.3 Å². The van der Waals surface area contributed by atoms with E-state index in [1.807, 2.05) is 0 Å². The van der Waals surface area contributed by atoms with E-state index in [-0.39, 0.29) is 11.5 Å². The van der Waals surface area contributed by atoms with Gasteiger partial charge in [0.15, 0.2) is 0 Å². The molecule has 0 spiro atoms. The summed E-state index contributed by atoms with van der Waals surface area (Å²) < 4.78 is 37.3. The highest BCUT2D eigenvalue weighted by Crippen LogP contribution is 2.34. The van der Waals surface area contributed by atoms with Gasteiger partial charge in [-0.05, 0) is 12.1 Å². The number of alkyl halides is 3. The van der Waals surface area contributed by atoms with Gasteiger partial charge in [0.1, 0.15) is 0 Å². The molecule has 1 radical (unpaired) electrons. The topological polar surface area (TPSA) is 63.4 Å². The Labute approximate surface area is 94.8 Å². The van der Waals surface area contributed by atoms with Crippen molar-refractivity contribution in [3.8, 4) is 0 Å². The molecule has 0 aliphatic carbocycles. The Bertz CT molecular complexity index is 431. The maximum Gasteiger partial charge on any atom is 0.416 e. The minimum absolute atomic E-state index is 0.114. The van der Waals surface area contributed by atoms with Gasteiger partial charge < -0.3 is 5.11 Å². The van der Waals surface area contributed by atoms with Crippen LogP contribution in [-0.2, 0) is 6.18 Å². The molecule has 0 aliphatic heterocycles. The Hall–Kier alpha value is -1.63. The molecule has 17 heavy (non-hydrogen) atoms. The van der Waals surface area contributed by atoms with Gasteiger partial charge in [-0.25, -0.2) is 0 Å². The first-order valence-corrected chi connectivity index (χ1v) is 4.56. The molecule has 1 aromatic carbocycles. The smallest absolute Gasteiger partial charge is 0.395 e. The Morgan fingerprint density at radius 1 is 1.47 bits per heavy atom. The minimum Gasteiger partial charge on any atom is -0.395 e. The first-order valence-electron chi connectivity index (χ1n) is 4.56. The largest absolute Gasteiger partial charge is 0.416 e. The summed E-state index contributed by atoms with van der Waals surface area (Å²) in [7, 11) is 0. The van der Waals surface area contributed by atoms with Crippen LogP contribution in [0.3, 0.4) is 0 Å². The molecular formula is C10H9F3NO3. The van der Waals surface area contributed by atoms with Crippen molar-refractivity contribution in [2.75, 3.05) is 6.61 Å². The first kappa shape index (κ1) is 13.4. The number of benzene rings is 1. The molecule has 0 saturated heterocycles. The van der Waals surface area contributed by atoms with Gasteiger partial charge in [-0.2, -0.15) is 13.2 Å². The van der Waals surface area contributed by atoms with Crippen LogP contribution >= 0.6 is 0 Å². The monoisotopic (exact) mass is 248 g/mol. The average Bonchev–Trinajstić information content (AvgIpc) is 2.25. The van der Waals surface area contributed by atoms with Crippen molar-refractivity contribution in [2.24, 2.45) is 0 Å². The zero-order valence-electron chi connectivity index (χ0n) is 8.78. The molecule has 0 atom stereocenters. The molecule has 0 saturated carbocycles. The van der Waals surface area contributed by atoms with Crippen molar-refractivity contribution in [2.45, 2.75) is 13.1 Å². The molecule has 0 unspecified atom stereocenters. The summed E-state index contributed by atoms with van der Waals surface area (Å²) in [4.78, 5) is 9.85. The van der Waals surface area contributed by atoms with E-state index in [4.69, 9.17) is 5.11 Å². The number of nitrogens with zero attached hydrogens (tertiary/aromatic N) is 1. The minimum atomic E-state index is -4.57. The average molecular weight is 248 g/mol. The van der Waals surface area contributed by atoms with Crippen LogP contribution in [0.5, 0.6) is 0 Å². The van der Waals surface area contributed by atoms with Crippen LogP contribution in [0.1, 0.15) is 18.1 Å². The molecule has 0 bridgehead atoms. The summed E-state index contributed by atoms with van der Waals surface area (Å²) in [6.45, 7) is 0.796. The second kappa shape index (κ2) is 4.70. The third-order valence-electron chi connectivity index (χ3n) is 2.22. The van der Waals surface area contributed by atoms with Crippen LogP contribution in [0, 0.1) is 16.0 Å². The highest BCUT2D eigenvalue weighted by atomic mass is 19.4. The lowest BCUT2D eigenvalue weighted by Crippen LogP contribution is -2.10. The molecule has 0 heterocycles. The highest BCUT2D eigenvalue weighted by molar-refractivity contribution is 5.50. The number of halogens is 3. The van der Waals surface area contributed by atoms with Gasteiger partial charge in [0, 0.05) is 17.5 Å². The zero-order chi connectivity index (χ0) is 13.2. The van der Waals surface area contributed by atoms with Crippen molar-refractivity contribution in [3.05, 3.63) is 45.4 Å². The summed E-state index contributed by atoms with van der Waals surface area (Å²) in [6.07, 6.45) is -4.57. The van der Waals surface area contributed by atoms with E-state index in [0.29, 0.717) is 12.1 Å². The zero-order valence-corrected chi connectivity index (χ0v) is 8.78. The maximum absolute atomic E-state index is 12.4. The van der Waals surface area contributed by atoms with Gasteiger partial charge in [0.25, 0.3) is 5.69 Å². The molecule has 93 valence electrons. The lowest BCUT2D eigenvalue weighted by Gasteiger charge is -2.12. The van der Waals surface area contributed by atoms with Crippen molar-refractivity contribution < 1.29 is 23.2 Å². The molecule has 0 fully saturated rings. The number of aliphatic hydroxyl groups is 1. The molecule has 7 heteroatoms. The van der Waals surface area contributed by atoms with Gasteiger partial charge in [0.2, 0.25) is 0 Å². The summed E-state index contributed by atoms with van der Waals surface area (Å²) in [5.74, 6) is 0.114. The number of rotatable bonds is 3. The van der Waals surface area contributed by atoms with Gasteiger partial charge >= 0.3 is 6.18 Å². The standard InChI is InChI=1S/C10H9F3NO3/c1-6(5-15)8-4-7(10(11,12)13)2-3-9(8)14(16)17/h2-4,15H,5H2,1H3. The van der Waals surface area contributed by atoms with E-state index in [0.717, 1.165) is 6.07 Å². The van der Waals surface area contributed by atoms with Gasteiger partial charge in [0.05, 0.1) is 17.1 Å². The molecule has 1 rings (SSSR count). The van der Waals surface area contributed by atoms with E-state index < -0.39 is 29.0 Å². The van der Waals surface area contributed by atoms with E-state index >= 15 is 0 Å². The first-order chi connectivity index (χ1) is 7.77. The summed E-state index contributed by atoms with van der Waals surface area (Å²) in [5, 5.41) is 19.5. The van der Waals surface area contributed by atoms with Gasteiger partial charge in [-0.15, -0.1) is 0 Å². The number of hydrogen-bond donors (Lipinski definition) is 1. The van der Waals surface area contributed by atoms with Crippen LogP contribution in [0.25, 0.3) is 0 Å². The maximum atomic E-state index is 12.4. The third-order valence-corrected chi connectivity index (χ3v) is 2.22. The number of nitro groups is 1. The lowest BCUT2D eigenvalue weighted by atomic mass is 9.97.